The number of fused-ring (bicyclic) bond motifs is 5. The molecule has 0 saturated carbocycles. The summed E-state index contributed by atoms with van der Waals surface area (Å²) >= 11 is 0. The van der Waals surface area contributed by atoms with Crippen LogP contribution < -0.4 is 14.8 Å². The Bertz CT molecular complexity index is 2950. The number of benzene rings is 8. The fourth-order valence-electron chi connectivity index (χ4n) is 8.86. The molecule has 0 fully saturated rings. The first-order valence-corrected chi connectivity index (χ1v) is 19.8. The van der Waals surface area contributed by atoms with Crippen molar-refractivity contribution < 1.29 is 9.25 Å². The molecule has 0 spiro atoms. The topological polar surface area (TPSA) is 41.7 Å². The summed E-state index contributed by atoms with van der Waals surface area (Å²) in [5, 5.41) is 1.99. The summed E-state index contributed by atoms with van der Waals surface area (Å²) in [7, 11) is 0. The number of hydrogen-bond donors (Lipinski definition) is 0. The van der Waals surface area contributed by atoms with Crippen LogP contribution in [0.3, 0.4) is 0 Å². The van der Waals surface area contributed by atoms with Crippen LogP contribution in [0.15, 0.2) is 192 Å². The summed E-state index contributed by atoms with van der Waals surface area (Å²) in [6, 6.07) is 66.4. The molecule has 0 atom stereocenters. The number of rotatable bonds is 7. The number of hydrogen-bond acceptors (Lipinski definition) is 5. The minimum Gasteiger partial charge on any atom is -0.436 e. The third-order valence-corrected chi connectivity index (χ3v) is 11.7. The molecule has 2 aliphatic rings. The summed E-state index contributed by atoms with van der Waals surface area (Å²) in [6.07, 6.45) is 0. The Labute approximate surface area is 338 Å². The van der Waals surface area contributed by atoms with E-state index in [1.165, 1.54) is 27.8 Å². The van der Waals surface area contributed by atoms with Gasteiger partial charge < -0.3 is 14.2 Å². The van der Waals surface area contributed by atoms with E-state index in [1.807, 2.05) is 35.4 Å². The Kier molecular flexibility index (Phi) is 7.83. The Morgan fingerprint density at radius 3 is 2.05 bits per heavy atom. The third kappa shape index (κ3) is 5.58. The zero-order chi connectivity index (χ0) is 38.8. The zero-order valence-electron chi connectivity index (χ0n) is 32.3. The van der Waals surface area contributed by atoms with Gasteiger partial charge in [0.05, 0.1) is 12.2 Å². The van der Waals surface area contributed by atoms with Gasteiger partial charge in [-0.2, -0.15) is 0 Å². The smallest absolute Gasteiger partial charge is 0.227 e. The van der Waals surface area contributed by atoms with Crippen LogP contribution in [0, 0.1) is 0 Å². The summed E-state index contributed by atoms with van der Waals surface area (Å²) in [5.41, 5.74) is 17.2. The normalized spacial score (nSPS) is 13.5. The van der Waals surface area contributed by atoms with Crippen LogP contribution in [0.5, 0.6) is 5.75 Å². The van der Waals surface area contributed by atoms with E-state index >= 15 is 0 Å². The van der Waals surface area contributed by atoms with E-state index in [2.05, 4.69) is 176 Å². The molecule has 58 heavy (non-hydrogen) atoms. The van der Waals surface area contributed by atoms with Gasteiger partial charge in [-0.3, -0.25) is 0 Å². The van der Waals surface area contributed by atoms with E-state index in [-0.39, 0.29) is 5.41 Å². The van der Waals surface area contributed by atoms with Gasteiger partial charge in [0.1, 0.15) is 5.52 Å². The largest absolute Gasteiger partial charge is 0.436 e. The molecular weight excluding hydrogens is 711 g/mol. The van der Waals surface area contributed by atoms with E-state index in [1.54, 1.807) is 0 Å². The molecule has 11 rings (SSSR count). The number of aromatic nitrogens is 1. The highest BCUT2D eigenvalue weighted by atomic mass is 16.7. The van der Waals surface area contributed by atoms with Gasteiger partial charge in [-0.05, 0) is 106 Å². The predicted octanol–water partition coefficient (Wildman–Crippen LogP) is 13.9. The fraction of sp³-hybridized carbons (Fsp3) is 0.0755. The minimum atomic E-state index is -0.256. The Balaban J connectivity index is 1.13. The van der Waals surface area contributed by atoms with Crippen LogP contribution in [0.2, 0.25) is 0 Å². The van der Waals surface area contributed by atoms with Crippen molar-refractivity contribution in [3.63, 3.8) is 0 Å². The Hall–Kier alpha value is -7.37. The van der Waals surface area contributed by atoms with Crippen LogP contribution in [0.25, 0.3) is 55.9 Å². The molecule has 0 radical (unpaired) electrons. The van der Waals surface area contributed by atoms with E-state index in [4.69, 9.17) is 14.2 Å². The monoisotopic (exact) mass is 749 g/mol. The third-order valence-electron chi connectivity index (χ3n) is 11.7. The maximum atomic E-state index is 6.80. The molecule has 278 valence electrons. The van der Waals surface area contributed by atoms with Crippen LogP contribution in [0.4, 0.5) is 22.7 Å². The molecular formula is C53H39N3O2. The molecule has 1 aliphatic carbocycles. The molecule has 1 aliphatic heterocycles. The molecule has 5 heteroatoms. The van der Waals surface area contributed by atoms with E-state index < -0.39 is 0 Å². The molecule has 0 amide bonds. The van der Waals surface area contributed by atoms with Crippen molar-refractivity contribution in [3.05, 3.63) is 205 Å². The second-order valence-corrected chi connectivity index (χ2v) is 15.6. The van der Waals surface area contributed by atoms with Crippen molar-refractivity contribution in [1.82, 2.24) is 4.98 Å². The van der Waals surface area contributed by atoms with Gasteiger partial charge in [0.2, 0.25) is 5.89 Å². The van der Waals surface area contributed by atoms with Crippen LogP contribution in [0.1, 0.15) is 30.5 Å². The average Bonchev–Trinajstić information content (AvgIpc) is 3.98. The van der Waals surface area contributed by atoms with Gasteiger partial charge >= 0.3 is 0 Å². The lowest BCUT2D eigenvalue weighted by atomic mass is 9.81. The molecule has 0 N–H and O–H groups in total. The molecule has 8 aromatic carbocycles. The molecule has 0 bridgehead atoms. The SMILES string of the molecule is CC1(C)c2ccccc2-c2c(-c3cccc4c3ON(c3ccccc3)C4)cc(N(c3ccc(-c4ccccc4)cc3)c3cccc(-c4nc5ccccc5o4)c3)cc21. The summed E-state index contributed by atoms with van der Waals surface area (Å²) in [4.78, 5) is 14.0. The molecule has 1 aromatic heterocycles. The van der Waals surface area contributed by atoms with Crippen LogP contribution in [-0.4, -0.2) is 4.98 Å². The number of anilines is 4. The maximum Gasteiger partial charge on any atom is 0.227 e. The molecule has 0 saturated heterocycles. The highest BCUT2D eigenvalue weighted by molar-refractivity contribution is 5.98. The Morgan fingerprint density at radius 2 is 1.22 bits per heavy atom. The zero-order valence-corrected chi connectivity index (χ0v) is 32.3. The number of hydroxylamine groups is 1. The van der Waals surface area contributed by atoms with Gasteiger partial charge in [0.25, 0.3) is 0 Å². The second-order valence-electron chi connectivity index (χ2n) is 15.6. The first-order valence-electron chi connectivity index (χ1n) is 19.8. The van der Waals surface area contributed by atoms with Gasteiger partial charge in [-0.1, -0.05) is 135 Å². The summed E-state index contributed by atoms with van der Waals surface area (Å²) in [6.45, 7) is 5.36. The number of oxazole rings is 1. The molecule has 5 nitrogen and oxygen atoms in total. The van der Waals surface area contributed by atoms with Crippen molar-refractivity contribution in [1.29, 1.82) is 0 Å². The highest BCUT2D eigenvalue weighted by Gasteiger charge is 2.39. The van der Waals surface area contributed by atoms with Crippen LogP contribution in [-0.2, 0) is 12.0 Å². The van der Waals surface area contributed by atoms with Gasteiger partial charge in [0.15, 0.2) is 11.3 Å². The van der Waals surface area contributed by atoms with Gasteiger partial charge in [0, 0.05) is 39.2 Å². The number of para-hydroxylation sites is 4. The van der Waals surface area contributed by atoms with Crippen molar-refractivity contribution in [3.8, 4) is 50.6 Å². The minimum absolute atomic E-state index is 0.256. The van der Waals surface area contributed by atoms with E-state index in [0.717, 1.165) is 67.4 Å². The lowest BCUT2D eigenvalue weighted by Crippen LogP contribution is -2.20. The quantitative estimate of drug-likeness (QED) is 0.162. The van der Waals surface area contributed by atoms with Crippen molar-refractivity contribution in [2.75, 3.05) is 9.96 Å². The molecule has 0 unspecified atom stereocenters. The first kappa shape index (κ1) is 33.9. The van der Waals surface area contributed by atoms with Gasteiger partial charge in [-0.15, -0.1) is 0 Å². The van der Waals surface area contributed by atoms with E-state index in [0.29, 0.717) is 12.4 Å². The Morgan fingerprint density at radius 1 is 0.534 bits per heavy atom. The standard InChI is InChI=1S/C53H39N3O2/c1-53(2)46-24-10-9-22-44(46)50-45(43-23-14-18-38-34-55(58-51(38)43)39-19-7-4-8-20-39)32-42(33-47(50)53)56(40-29-27-36(28-30-40)35-15-5-3-6-16-35)41-21-13-17-37(31-41)52-54-48-25-11-12-26-49(48)57-52/h3-33H,34H2,1-2H3. The number of nitrogens with zero attached hydrogens (tertiary/aromatic N) is 3. The van der Waals surface area contributed by atoms with Crippen LogP contribution >= 0.6 is 0 Å². The lowest BCUT2D eigenvalue weighted by Gasteiger charge is -2.29. The molecule has 9 aromatic rings. The highest BCUT2D eigenvalue weighted by Crippen LogP contribution is 2.56. The average molecular weight is 750 g/mol. The summed E-state index contributed by atoms with van der Waals surface area (Å²) in [5.74, 6) is 1.48. The fourth-order valence-corrected chi connectivity index (χ4v) is 8.86. The summed E-state index contributed by atoms with van der Waals surface area (Å²) < 4.78 is 6.30. The molecule has 2 heterocycles. The van der Waals surface area contributed by atoms with Gasteiger partial charge in [-0.25, -0.2) is 10.0 Å². The second kappa shape index (κ2) is 13.4. The van der Waals surface area contributed by atoms with Crippen molar-refractivity contribution in [2.24, 2.45) is 0 Å². The predicted molar refractivity (Wildman–Crippen MR) is 236 cm³/mol. The lowest BCUT2D eigenvalue weighted by molar-refractivity contribution is 0.309. The van der Waals surface area contributed by atoms with E-state index in [9.17, 15) is 0 Å². The first-order chi connectivity index (χ1) is 28.5. The van der Waals surface area contributed by atoms with Crippen molar-refractivity contribution >= 4 is 33.8 Å². The maximum absolute atomic E-state index is 6.80. The van der Waals surface area contributed by atoms with Crippen molar-refractivity contribution in [2.45, 2.75) is 25.8 Å².